The van der Waals surface area contributed by atoms with Crippen LogP contribution >= 0.6 is 0 Å². The third kappa shape index (κ3) is 1.35. The third-order valence-corrected chi connectivity index (χ3v) is 2.30. The Morgan fingerprint density at radius 3 is 1.93 bits per heavy atom. The first-order valence-electron chi connectivity index (χ1n) is 4.35. The van der Waals surface area contributed by atoms with Crippen molar-refractivity contribution >= 4 is 28.8 Å². The number of nitrogens with two attached hydrogens (primary N) is 4. The minimum absolute atomic E-state index is 0.407. The van der Waals surface area contributed by atoms with Gasteiger partial charge in [0.2, 0.25) is 0 Å². The number of benzene rings is 1. The highest BCUT2D eigenvalue weighted by atomic mass is 14.8. The summed E-state index contributed by atoms with van der Waals surface area (Å²) in [6, 6.07) is 0. The lowest BCUT2D eigenvalue weighted by molar-refractivity contribution is 1.45. The molecule has 0 radical (unpaired) electrons. The van der Waals surface area contributed by atoms with E-state index in [1.807, 2.05) is 26.0 Å². The fraction of sp³-hybridized carbons (Fsp3) is 0.200. The van der Waals surface area contributed by atoms with Crippen molar-refractivity contribution in [2.45, 2.75) is 13.8 Å². The van der Waals surface area contributed by atoms with Crippen molar-refractivity contribution in [3.8, 4) is 0 Å². The van der Waals surface area contributed by atoms with Gasteiger partial charge in [-0.2, -0.15) is 0 Å². The summed E-state index contributed by atoms with van der Waals surface area (Å²) in [5.41, 5.74) is 26.6. The molecule has 0 amide bonds. The maximum absolute atomic E-state index is 5.87. The van der Waals surface area contributed by atoms with Gasteiger partial charge in [0.1, 0.15) is 0 Å². The number of nitrogen functional groups attached to an aromatic ring is 4. The largest absolute Gasteiger partial charge is 0.398 e. The number of rotatable bonds is 1. The third-order valence-electron chi connectivity index (χ3n) is 2.30. The van der Waals surface area contributed by atoms with Gasteiger partial charge in [-0.25, -0.2) is 0 Å². The lowest BCUT2D eigenvalue weighted by Crippen LogP contribution is -2.07. The summed E-state index contributed by atoms with van der Waals surface area (Å²) in [7, 11) is 0. The van der Waals surface area contributed by atoms with Gasteiger partial charge < -0.3 is 22.9 Å². The Labute approximate surface area is 83.6 Å². The summed E-state index contributed by atoms with van der Waals surface area (Å²) in [5, 5.41) is 0. The normalized spacial score (nSPS) is 11.0. The summed E-state index contributed by atoms with van der Waals surface area (Å²) >= 11 is 0. The van der Waals surface area contributed by atoms with Crippen molar-refractivity contribution in [2.24, 2.45) is 0 Å². The molecule has 14 heavy (non-hydrogen) atoms. The van der Waals surface area contributed by atoms with Gasteiger partial charge in [-0.15, -0.1) is 0 Å². The van der Waals surface area contributed by atoms with Crippen LogP contribution in [0.4, 0.5) is 22.7 Å². The van der Waals surface area contributed by atoms with Crippen LogP contribution in [0.3, 0.4) is 0 Å². The first-order chi connectivity index (χ1) is 6.50. The standard InChI is InChI=1S/C10H16N4/c1-3-4-6-7(11)5(2)8(12)10(14)9(6)13/h3-4H,11-14H2,1-2H3/b4-3+. The van der Waals surface area contributed by atoms with E-state index < -0.39 is 0 Å². The van der Waals surface area contributed by atoms with Gasteiger partial charge >= 0.3 is 0 Å². The average Bonchev–Trinajstić information content (AvgIpc) is 2.19. The molecule has 0 aromatic heterocycles. The Kier molecular flexibility index (Phi) is 2.56. The summed E-state index contributed by atoms with van der Waals surface area (Å²) in [6.45, 7) is 3.72. The molecule has 0 fully saturated rings. The number of hydrogen-bond acceptors (Lipinski definition) is 4. The molecular formula is C10H16N4. The van der Waals surface area contributed by atoms with Gasteiger partial charge in [0, 0.05) is 11.3 Å². The predicted molar refractivity (Wildman–Crippen MR) is 63.5 cm³/mol. The molecule has 76 valence electrons. The zero-order chi connectivity index (χ0) is 10.9. The molecule has 8 N–H and O–H groups in total. The highest BCUT2D eigenvalue weighted by Gasteiger charge is 2.12. The fourth-order valence-corrected chi connectivity index (χ4v) is 1.33. The van der Waals surface area contributed by atoms with Crippen molar-refractivity contribution in [2.75, 3.05) is 22.9 Å². The van der Waals surface area contributed by atoms with E-state index in [9.17, 15) is 0 Å². The summed E-state index contributed by atoms with van der Waals surface area (Å²) in [6.07, 6.45) is 3.69. The van der Waals surface area contributed by atoms with E-state index in [4.69, 9.17) is 22.9 Å². The second-order valence-electron chi connectivity index (χ2n) is 3.19. The lowest BCUT2D eigenvalue weighted by atomic mass is 10.0. The molecule has 4 heteroatoms. The molecular weight excluding hydrogens is 176 g/mol. The van der Waals surface area contributed by atoms with Crippen LogP contribution in [0.25, 0.3) is 6.08 Å². The lowest BCUT2D eigenvalue weighted by Gasteiger charge is -2.14. The Balaban J connectivity index is 3.59. The van der Waals surface area contributed by atoms with Crippen LogP contribution in [0, 0.1) is 6.92 Å². The summed E-state index contributed by atoms with van der Waals surface area (Å²) < 4.78 is 0. The zero-order valence-corrected chi connectivity index (χ0v) is 8.46. The molecule has 0 bridgehead atoms. The van der Waals surface area contributed by atoms with Crippen LogP contribution in [0.2, 0.25) is 0 Å². The predicted octanol–water partition coefficient (Wildman–Crippen LogP) is 1.36. The molecule has 0 saturated heterocycles. The van der Waals surface area contributed by atoms with Crippen LogP contribution in [-0.4, -0.2) is 0 Å². The second-order valence-corrected chi connectivity index (χ2v) is 3.19. The zero-order valence-electron chi connectivity index (χ0n) is 8.46. The maximum Gasteiger partial charge on any atom is 0.0791 e. The fourth-order valence-electron chi connectivity index (χ4n) is 1.33. The molecule has 0 spiro atoms. The number of hydrogen-bond donors (Lipinski definition) is 4. The van der Waals surface area contributed by atoms with E-state index in [1.54, 1.807) is 0 Å². The number of allylic oxidation sites excluding steroid dienone is 1. The van der Waals surface area contributed by atoms with Gasteiger partial charge in [-0.3, -0.25) is 0 Å². The second kappa shape index (κ2) is 3.49. The van der Waals surface area contributed by atoms with Crippen molar-refractivity contribution in [3.05, 3.63) is 17.2 Å². The van der Waals surface area contributed by atoms with Gasteiger partial charge in [0.15, 0.2) is 0 Å². The van der Waals surface area contributed by atoms with Crippen molar-refractivity contribution < 1.29 is 0 Å². The van der Waals surface area contributed by atoms with Crippen LogP contribution in [-0.2, 0) is 0 Å². The van der Waals surface area contributed by atoms with Crippen molar-refractivity contribution in [3.63, 3.8) is 0 Å². The van der Waals surface area contributed by atoms with Crippen LogP contribution < -0.4 is 22.9 Å². The molecule has 0 unspecified atom stereocenters. The van der Waals surface area contributed by atoms with Gasteiger partial charge in [0.25, 0.3) is 0 Å². The van der Waals surface area contributed by atoms with E-state index in [0.29, 0.717) is 22.7 Å². The van der Waals surface area contributed by atoms with E-state index in [1.165, 1.54) is 0 Å². The van der Waals surface area contributed by atoms with Gasteiger partial charge in [-0.05, 0) is 19.4 Å². The van der Waals surface area contributed by atoms with Gasteiger partial charge in [-0.1, -0.05) is 12.2 Å². The SMILES string of the molecule is C/C=C/c1c(N)c(C)c(N)c(N)c1N. The molecule has 0 aliphatic carbocycles. The highest BCUT2D eigenvalue weighted by molar-refractivity contribution is 5.93. The molecule has 4 nitrogen and oxygen atoms in total. The molecule has 1 rings (SSSR count). The smallest absolute Gasteiger partial charge is 0.0791 e. The molecule has 0 aliphatic heterocycles. The minimum atomic E-state index is 0.407. The van der Waals surface area contributed by atoms with E-state index in [0.717, 1.165) is 11.1 Å². The topological polar surface area (TPSA) is 104 Å². The first kappa shape index (κ1) is 10.2. The molecule has 0 heterocycles. The van der Waals surface area contributed by atoms with E-state index >= 15 is 0 Å². The Bertz CT molecular complexity index is 365. The van der Waals surface area contributed by atoms with Crippen LogP contribution in [0.15, 0.2) is 6.08 Å². The van der Waals surface area contributed by atoms with E-state index in [2.05, 4.69) is 0 Å². The van der Waals surface area contributed by atoms with E-state index in [-0.39, 0.29) is 0 Å². The molecule has 1 aromatic carbocycles. The Hall–Kier alpha value is -1.84. The Morgan fingerprint density at radius 2 is 1.43 bits per heavy atom. The average molecular weight is 192 g/mol. The molecule has 0 saturated carbocycles. The maximum atomic E-state index is 5.87. The molecule has 1 aromatic rings. The van der Waals surface area contributed by atoms with Crippen molar-refractivity contribution in [1.29, 1.82) is 0 Å². The van der Waals surface area contributed by atoms with Crippen LogP contribution in [0.5, 0.6) is 0 Å². The number of anilines is 4. The summed E-state index contributed by atoms with van der Waals surface area (Å²) in [5.74, 6) is 0. The van der Waals surface area contributed by atoms with Crippen LogP contribution in [0.1, 0.15) is 18.1 Å². The highest BCUT2D eigenvalue weighted by Crippen LogP contribution is 2.36. The Morgan fingerprint density at radius 1 is 0.857 bits per heavy atom. The molecule has 0 atom stereocenters. The molecule has 0 aliphatic rings. The van der Waals surface area contributed by atoms with Gasteiger partial charge in [0.05, 0.1) is 17.1 Å². The summed E-state index contributed by atoms with van der Waals surface area (Å²) in [4.78, 5) is 0. The first-order valence-corrected chi connectivity index (χ1v) is 4.35. The quantitative estimate of drug-likeness (QED) is 0.504. The monoisotopic (exact) mass is 192 g/mol. The van der Waals surface area contributed by atoms with Crippen molar-refractivity contribution in [1.82, 2.24) is 0 Å². The minimum Gasteiger partial charge on any atom is -0.398 e.